The highest BCUT2D eigenvalue weighted by molar-refractivity contribution is 7.85. The molecule has 1 aromatic carbocycles. The summed E-state index contributed by atoms with van der Waals surface area (Å²) in [6.07, 6.45) is 0.188. The van der Waals surface area contributed by atoms with E-state index in [0.717, 1.165) is 11.0 Å². The van der Waals surface area contributed by atoms with Crippen LogP contribution in [0.2, 0.25) is 0 Å². The second-order valence-corrected chi connectivity index (χ2v) is 4.81. The van der Waals surface area contributed by atoms with Crippen molar-refractivity contribution in [1.29, 1.82) is 0 Å². The number of nitrogens with zero attached hydrogens (tertiary/aromatic N) is 1. The number of imidazole rings is 1. The minimum atomic E-state index is -3.92. The summed E-state index contributed by atoms with van der Waals surface area (Å²) in [5.74, 6) is 0.251. The lowest BCUT2D eigenvalue weighted by Crippen LogP contribution is -2.07. The van der Waals surface area contributed by atoms with E-state index in [1.165, 1.54) is 0 Å². The molecule has 1 heterocycles. The molecule has 0 bridgehead atoms. The molecule has 0 saturated carbocycles. The Balaban J connectivity index is 2.23. The van der Waals surface area contributed by atoms with Crippen molar-refractivity contribution in [2.75, 3.05) is 5.75 Å². The van der Waals surface area contributed by atoms with Gasteiger partial charge in [-0.1, -0.05) is 12.1 Å². The van der Waals surface area contributed by atoms with Gasteiger partial charge in [0.25, 0.3) is 10.1 Å². The largest absolute Gasteiger partial charge is 0.342 e. The van der Waals surface area contributed by atoms with Crippen LogP contribution in [0.25, 0.3) is 11.0 Å². The van der Waals surface area contributed by atoms with Crippen LogP contribution in [-0.4, -0.2) is 28.7 Å². The number of aryl methyl sites for hydroxylation is 1. The van der Waals surface area contributed by atoms with E-state index >= 15 is 0 Å². The van der Waals surface area contributed by atoms with Gasteiger partial charge in [-0.15, -0.1) is 0 Å². The Morgan fingerprint density at radius 1 is 1.33 bits per heavy atom. The van der Waals surface area contributed by atoms with Crippen LogP contribution in [0, 0.1) is 0 Å². The standard InChI is InChI=1S/C9H10N2O3S/c12-15(13,14)6-5-9-10-7-3-1-2-4-8(7)11-9/h1-4H,5-6H2,(H,10,11)(H,12,13,14). The summed E-state index contributed by atoms with van der Waals surface area (Å²) in [6, 6.07) is 7.42. The average molecular weight is 226 g/mol. The third-order valence-corrected chi connectivity index (χ3v) is 2.76. The van der Waals surface area contributed by atoms with Crippen LogP contribution >= 0.6 is 0 Å². The summed E-state index contributed by atoms with van der Waals surface area (Å²) in [7, 11) is -3.92. The Labute approximate surface area is 86.9 Å². The Kier molecular flexibility index (Phi) is 2.45. The van der Waals surface area contributed by atoms with Gasteiger partial charge in [0.2, 0.25) is 0 Å². The van der Waals surface area contributed by atoms with Gasteiger partial charge in [0.1, 0.15) is 5.82 Å². The number of fused-ring (bicyclic) bond motifs is 1. The molecule has 2 aromatic rings. The number of hydrogen-bond acceptors (Lipinski definition) is 3. The molecule has 0 radical (unpaired) electrons. The molecule has 0 atom stereocenters. The van der Waals surface area contributed by atoms with E-state index in [4.69, 9.17) is 4.55 Å². The first-order valence-corrected chi connectivity index (χ1v) is 6.04. The lowest BCUT2D eigenvalue weighted by atomic mass is 10.3. The van der Waals surface area contributed by atoms with Crippen LogP contribution in [-0.2, 0) is 16.5 Å². The van der Waals surface area contributed by atoms with Gasteiger partial charge in [0.05, 0.1) is 16.8 Å². The molecule has 0 saturated heterocycles. The molecule has 80 valence electrons. The molecule has 5 nitrogen and oxygen atoms in total. The molecule has 0 amide bonds. The summed E-state index contributed by atoms with van der Waals surface area (Å²) in [4.78, 5) is 7.17. The molecule has 2 N–H and O–H groups in total. The average Bonchev–Trinajstić information content (AvgIpc) is 2.56. The minimum absolute atomic E-state index is 0.188. The van der Waals surface area contributed by atoms with Gasteiger partial charge in [-0.25, -0.2) is 4.98 Å². The van der Waals surface area contributed by atoms with Crippen molar-refractivity contribution in [3.8, 4) is 0 Å². The van der Waals surface area contributed by atoms with Crippen LogP contribution < -0.4 is 0 Å². The summed E-state index contributed by atoms with van der Waals surface area (Å²) in [5.41, 5.74) is 1.66. The fraction of sp³-hybridized carbons (Fsp3) is 0.222. The maximum atomic E-state index is 10.5. The summed E-state index contributed by atoms with van der Waals surface area (Å²) in [5, 5.41) is 0. The number of rotatable bonds is 3. The van der Waals surface area contributed by atoms with Gasteiger partial charge in [-0.05, 0) is 12.1 Å². The summed E-state index contributed by atoms with van der Waals surface area (Å²) < 4.78 is 29.7. The first-order chi connectivity index (χ1) is 7.04. The van der Waals surface area contributed by atoms with E-state index in [1.54, 1.807) is 0 Å². The van der Waals surface area contributed by atoms with E-state index < -0.39 is 10.1 Å². The predicted octanol–water partition coefficient (Wildman–Crippen LogP) is 0.993. The van der Waals surface area contributed by atoms with Gasteiger partial charge < -0.3 is 4.98 Å². The SMILES string of the molecule is O=S(=O)(O)CCc1nc2ccccc2[nH]1. The third kappa shape index (κ3) is 2.54. The van der Waals surface area contributed by atoms with Crippen molar-refractivity contribution in [3.63, 3.8) is 0 Å². The molecule has 2 rings (SSSR count). The van der Waals surface area contributed by atoms with Crippen molar-refractivity contribution in [3.05, 3.63) is 30.1 Å². The number of para-hydroxylation sites is 2. The van der Waals surface area contributed by atoms with Crippen LogP contribution in [0.4, 0.5) is 0 Å². The van der Waals surface area contributed by atoms with Crippen molar-refractivity contribution in [1.82, 2.24) is 9.97 Å². The van der Waals surface area contributed by atoms with Crippen molar-refractivity contribution in [2.24, 2.45) is 0 Å². The van der Waals surface area contributed by atoms with Crippen molar-refractivity contribution >= 4 is 21.2 Å². The molecular weight excluding hydrogens is 216 g/mol. The fourth-order valence-corrected chi connectivity index (χ4v) is 1.80. The smallest absolute Gasteiger partial charge is 0.265 e. The quantitative estimate of drug-likeness (QED) is 0.764. The molecule has 0 aliphatic carbocycles. The lowest BCUT2D eigenvalue weighted by molar-refractivity contribution is 0.482. The van der Waals surface area contributed by atoms with Crippen molar-refractivity contribution in [2.45, 2.75) is 6.42 Å². The van der Waals surface area contributed by atoms with E-state index in [1.807, 2.05) is 24.3 Å². The molecule has 0 unspecified atom stereocenters. The second kappa shape index (κ2) is 3.63. The number of hydrogen-bond donors (Lipinski definition) is 2. The minimum Gasteiger partial charge on any atom is -0.342 e. The van der Waals surface area contributed by atoms with Crippen LogP contribution in [0.3, 0.4) is 0 Å². The number of aromatic nitrogens is 2. The Morgan fingerprint density at radius 3 is 2.73 bits per heavy atom. The molecule has 15 heavy (non-hydrogen) atoms. The zero-order valence-electron chi connectivity index (χ0n) is 7.84. The van der Waals surface area contributed by atoms with E-state index in [9.17, 15) is 8.42 Å². The maximum Gasteiger partial charge on any atom is 0.265 e. The highest BCUT2D eigenvalue weighted by Crippen LogP contribution is 2.10. The maximum absolute atomic E-state index is 10.5. The number of nitrogens with one attached hydrogen (secondary N) is 1. The molecule has 6 heteroatoms. The van der Waals surface area contributed by atoms with E-state index in [2.05, 4.69) is 9.97 Å². The van der Waals surface area contributed by atoms with Gasteiger partial charge in [0, 0.05) is 6.42 Å². The highest BCUT2D eigenvalue weighted by Gasteiger charge is 2.07. The molecule has 0 aliphatic heterocycles. The predicted molar refractivity (Wildman–Crippen MR) is 56.2 cm³/mol. The van der Waals surface area contributed by atoms with Gasteiger partial charge in [-0.3, -0.25) is 4.55 Å². The number of benzene rings is 1. The monoisotopic (exact) mass is 226 g/mol. The number of H-pyrrole nitrogens is 1. The fourth-order valence-electron chi connectivity index (χ4n) is 1.35. The zero-order valence-corrected chi connectivity index (χ0v) is 8.66. The van der Waals surface area contributed by atoms with Gasteiger partial charge in [0.15, 0.2) is 0 Å². The van der Waals surface area contributed by atoms with E-state index in [0.29, 0.717) is 5.82 Å². The molecule has 0 aliphatic rings. The topological polar surface area (TPSA) is 83.1 Å². The third-order valence-electron chi connectivity index (χ3n) is 2.04. The van der Waals surface area contributed by atoms with Crippen molar-refractivity contribution < 1.29 is 13.0 Å². The highest BCUT2D eigenvalue weighted by atomic mass is 32.2. The molecule has 0 fully saturated rings. The van der Waals surface area contributed by atoms with Gasteiger partial charge >= 0.3 is 0 Å². The molecule has 0 spiro atoms. The first-order valence-electron chi connectivity index (χ1n) is 4.43. The first kappa shape index (κ1) is 10.1. The van der Waals surface area contributed by atoms with Crippen LogP contribution in [0.1, 0.15) is 5.82 Å². The molecule has 1 aromatic heterocycles. The van der Waals surface area contributed by atoms with Gasteiger partial charge in [-0.2, -0.15) is 8.42 Å². The normalized spacial score (nSPS) is 12.1. The van der Waals surface area contributed by atoms with Crippen LogP contribution in [0.5, 0.6) is 0 Å². The Morgan fingerprint density at radius 2 is 2.07 bits per heavy atom. The summed E-state index contributed by atoms with van der Waals surface area (Å²) in [6.45, 7) is 0. The molecular formula is C9H10N2O3S. The van der Waals surface area contributed by atoms with Crippen LogP contribution in [0.15, 0.2) is 24.3 Å². The zero-order chi connectivity index (χ0) is 10.9. The second-order valence-electron chi connectivity index (χ2n) is 3.24. The Hall–Kier alpha value is -1.40. The lowest BCUT2D eigenvalue weighted by Gasteiger charge is -1.92. The Bertz CT molecular complexity index is 541. The number of aromatic amines is 1. The van der Waals surface area contributed by atoms with E-state index in [-0.39, 0.29) is 12.2 Å². The summed E-state index contributed by atoms with van der Waals surface area (Å²) >= 11 is 0.